The van der Waals surface area contributed by atoms with E-state index in [1.807, 2.05) is 0 Å². The number of nitrogens with zero attached hydrogens (tertiary/aromatic N) is 1. The number of rotatable bonds is 5. The van der Waals surface area contributed by atoms with Gasteiger partial charge in [-0.15, -0.1) is 0 Å². The minimum Gasteiger partial charge on any atom is -0.289 e. The van der Waals surface area contributed by atoms with Gasteiger partial charge in [0.25, 0.3) is 5.91 Å². The van der Waals surface area contributed by atoms with Crippen LogP contribution < -0.4 is 5.48 Å². The van der Waals surface area contributed by atoms with Gasteiger partial charge in [0.2, 0.25) is 0 Å². The highest BCUT2D eigenvalue weighted by Gasteiger charge is 2.52. The van der Waals surface area contributed by atoms with Crippen LogP contribution in [-0.4, -0.2) is 35.4 Å². The molecule has 1 rings (SSSR count). The summed E-state index contributed by atoms with van der Waals surface area (Å²) in [4.78, 5) is 11.3. The Labute approximate surface area is 119 Å². The maximum Gasteiger partial charge on any atom is 0.511 e. The number of hydrogen-bond acceptors (Lipinski definition) is 4. The third-order valence-corrected chi connectivity index (χ3v) is 4.35. The topological polar surface area (TPSA) is 86.7 Å². The summed E-state index contributed by atoms with van der Waals surface area (Å²) >= 11 is 0. The summed E-state index contributed by atoms with van der Waals surface area (Å²) in [6, 6.07) is 5.75. The lowest BCUT2D eigenvalue weighted by Crippen LogP contribution is -2.50. The molecule has 2 N–H and O–H groups in total. The molecular formula is C11H13F3N2O4S. The van der Waals surface area contributed by atoms with Gasteiger partial charge in [0.1, 0.15) is 6.04 Å². The number of amides is 1. The molecule has 0 aromatic heterocycles. The fraction of sp³-hybridized carbons (Fsp3) is 0.364. The van der Waals surface area contributed by atoms with Crippen molar-refractivity contribution in [3.8, 4) is 0 Å². The number of alkyl halides is 3. The first-order valence-electron chi connectivity index (χ1n) is 5.67. The van der Waals surface area contributed by atoms with Crippen LogP contribution in [-0.2, 0) is 21.4 Å². The summed E-state index contributed by atoms with van der Waals surface area (Å²) in [6.45, 7) is 0.287. The van der Waals surface area contributed by atoms with Crippen molar-refractivity contribution >= 4 is 15.9 Å². The fourth-order valence-corrected chi connectivity index (χ4v) is 2.65. The Kier molecular flexibility index (Phi) is 5.31. The molecule has 1 amide bonds. The van der Waals surface area contributed by atoms with Gasteiger partial charge in [-0.3, -0.25) is 10.0 Å². The van der Waals surface area contributed by atoms with E-state index >= 15 is 0 Å². The Hall–Kier alpha value is -1.65. The summed E-state index contributed by atoms with van der Waals surface area (Å²) in [5.41, 5.74) is -4.14. The molecule has 1 aromatic carbocycles. The zero-order valence-corrected chi connectivity index (χ0v) is 11.6. The number of hydroxylamine groups is 1. The predicted octanol–water partition coefficient (Wildman–Crippen LogP) is 1.23. The van der Waals surface area contributed by atoms with E-state index < -0.39 is 34.0 Å². The zero-order chi connectivity index (χ0) is 16.3. The summed E-state index contributed by atoms with van der Waals surface area (Å²) in [5.74, 6) is -1.27. The quantitative estimate of drug-likeness (QED) is 0.629. The van der Waals surface area contributed by atoms with Crippen LogP contribution in [0.2, 0.25) is 0 Å². The number of hydrogen-bond donors (Lipinski definition) is 2. The summed E-state index contributed by atoms with van der Waals surface area (Å²) in [7, 11) is -5.73. The molecule has 6 nitrogen and oxygen atoms in total. The minimum absolute atomic E-state index is 0.0200. The molecule has 0 spiro atoms. The lowest BCUT2D eigenvalue weighted by Gasteiger charge is -2.27. The Morgan fingerprint density at radius 2 is 1.86 bits per heavy atom. The van der Waals surface area contributed by atoms with Crippen molar-refractivity contribution in [3.63, 3.8) is 0 Å². The predicted molar refractivity (Wildman–Crippen MR) is 66.4 cm³/mol. The van der Waals surface area contributed by atoms with Crippen molar-refractivity contribution in [1.29, 1.82) is 0 Å². The van der Waals surface area contributed by atoms with Crippen LogP contribution in [0.25, 0.3) is 0 Å². The van der Waals surface area contributed by atoms with Crippen LogP contribution in [0.5, 0.6) is 0 Å². The number of sulfonamides is 1. The van der Waals surface area contributed by atoms with E-state index in [1.165, 1.54) is 24.3 Å². The summed E-state index contributed by atoms with van der Waals surface area (Å²) in [5, 5.41) is 8.49. The molecule has 0 fully saturated rings. The molecule has 21 heavy (non-hydrogen) atoms. The average molecular weight is 326 g/mol. The van der Waals surface area contributed by atoms with Crippen LogP contribution >= 0.6 is 0 Å². The lowest BCUT2D eigenvalue weighted by atomic mass is 10.2. The van der Waals surface area contributed by atoms with Crippen molar-refractivity contribution in [3.05, 3.63) is 35.9 Å². The first-order valence-corrected chi connectivity index (χ1v) is 7.11. The average Bonchev–Trinajstić information content (AvgIpc) is 2.42. The number of carbonyl (C=O) groups excluding carboxylic acids is 1. The first kappa shape index (κ1) is 17.4. The van der Waals surface area contributed by atoms with Crippen LogP contribution in [0.4, 0.5) is 13.2 Å². The fourth-order valence-electron chi connectivity index (χ4n) is 1.55. The SMILES string of the molecule is C[C@@H](C(=O)NO)N(Cc1ccccc1)S(=O)(=O)C(F)(F)F. The molecule has 0 aliphatic rings. The standard InChI is InChI=1S/C11H13F3N2O4S/c1-8(10(17)15-18)16(21(19,20)11(12,13)14)7-9-5-3-2-4-6-9/h2-6,8,18H,7H2,1H3,(H,15,17)/t8-/m0/s1. The van der Waals surface area contributed by atoms with Gasteiger partial charge in [-0.05, 0) is 12.5 Å². The Morgan fingerprint density at radius 1 is 1.33 bits per heavy atom. The molecule has 10 heteroatoms. The second-order valence-electron chi connectivity index (χ2n) is 4.13. The highest BCUT2D eigenvalue weighted by Crippen LogP contribution is 2.29. The molecule has 0 radical (unpaired) electrons. The Balaban J connectivity index is 3.21. The minimum atomic E-state index is -5.73. The lowest BCUT2D eigenvalue weighted by molar-refractivity contribution is -0.133. The second-order valence-corrected chi connectivity index (χ2v) is 6.02. The van der Waals surface area contributed by atoms with Crippen molar-refractivity contribution in [2.75, 3.05) is 0 Å². The second kappa shape index (κ2) is 6.41. The zero-order valence-electron chi connectivity index (χ0n) is 10.8. The highest BCUT2D eigenvalue weighted by molar-refractivity contribution is 7.90. The van der Waals surface area contributed by atoms with E-state index in [9.17, 15) is 26.4 Å². The summed E-state index contributed by atoms with van der Waals surface area (Å²) in [6.07, 6.45) is 0. The van der Waals surface area contributed by atoms with Gasteiger partial charge in [-0.1, -0.05) is 30.3 Å². The van der Waals surface area contributed by atoms with Crippen LogP contribution in [0, 0.1) is 0 Å². The molecular weight excluding hydrogens is 313 g/mol. The maximum atomic E-state index is 12.7. The van der Waals surface area contributed by atoms with Crippen LogP contribution in [0.1, 0.15) is 12.5 Å². The van der Waals surface area contributed by atoms with Crippen molar-refractivity contribution in [2.24, 2.45) is 0 Å². The van der Waals surface area contributed by atoms with Crippen molar-refractivity contribution in [2.45, 2.75) is 25.0 Å². The molecule has 0 bridgehead atoms. The molecule has 0 saturated carbocycles. The van der Waals surface area contributed by atoms with Gasteiger partial charge in [0, 0.05) is 6.54 Å². The van der Waals surface area contributed by atoms with E-state index in [4.69, 9.17) is 5.21 Å². The third kappa shape index (κ3) is 3.93. The molecule has 1 aromatic rings. The van der Waals surface area contributed by atoms with E-state index in [2.05, 4.69) is 0 Å². The van der Waals surface area contributed by atoms with E-state index in [0.717, 1.165) is 12.4 Å². The van der Waals surface area contributed by atoms with Crippen LogP contribution in [0.15, 0.2) is 30.3 Å². The van der Waals surface area contributed by atoms with Gasteiger partial charge < -0.3 is 0 Å². The number of carbonyl (C=O) groups is 1. The largest absolute Gasteiger partial charge is 0.511 e. The number of halogens is 3. The molecule has 0 saturated heterocycles. The molecule has 0 aliphatic carbocycles. The van der Waals surface area contributed by atoms with Gasteiger partial charge in [0.05, 0.1) is 0 Å². The Morgan fingerprint density at radius 3 is 2.29 bits per heavy atom. The van der Waals surface area contributed by atoms with E-state index in [0.29, 0.717) is 0 Å². The first-order chi connectivity index (χ1) is 9.61. The molecule has 0 aliphatic heterocycles. The number of nitrogens with one attached hydrogen (secondary N) is 1. The normalized spacial score (nSPS) is 14.0. The van der Waals surface area contributed by atoms with Gasteiger partial charge in [-0.25, -0.2) is 13.9 Å². The molecule has 1 atom stereocenters. The third-order valence-electron chi connectivity index (χ3n) is 2.70. The molecule has 0 heterocycles. The smallest absolute Gasteiger partial charge is 0.289 e. The van der Waals surface area contributed by atoms with Crippen molar-refractivity contribution < 1.29 is 31.6 Å². The van der Waals surface area contributed by atoms with Gasteiger partial charge in [-0.2, -0.15) is 17.5 Å². The monoisotopic (exact) mass is 326 g/mol. The van der Waals surface area contributed by atoms with Gasteiger partial charge in [0.15, 0.2) is 0 Å². The molecule has 118 valence electrons. The van der Waals surface area contributed by atoms with E-state index in [-0.39, 0.29) is 9.87 Å². The maximum absolute atomic E-state index is 12.7. The van der Waals surface area contributed by atoms with Gasteiger partial charge >= 0.3 is 15.5 Å². The summed E-state index contributed by atoms with van der Waals surface area (Å²) < 4.78 is 61.2. The number of benzene rings is 1. The van der Waals surface area contributed by atoms with Crippen molar-refractivity contribution in [1.82, 2.24) is 9.79 Å². The Bertz CT molecular complexity index is 589. The van der Waals surface area contributed by atoms with Crippen LogP contribution in [0.3, 0.4) is 0 Å². The molecule has 0 unspecified atom stereocenters. The highest BCUT2D eigenvalue weighted by atomic mass is 32.2. The van der Waals surface area contributed by atoms with E-state index in [1.54, 1.807) is 6.07 Å².